The van der Waals surface area contributed by atoms with Crippen LogP contribution in [0.1, 0.15) is 386 Å². The summed E-state index contributed by atoms with van der Waals surface area (Å²) in [5, 5.41) is 23.3. The summed E-state index contributed by atoms with van der Waals surface area (Å²) in [7, 11) is 0. The number of nitrogens with one attached hydrogen (secondary N) is 1. The van der Waals surface area contributed by atoms with E-state index in [2.05, 4.69) is 31.3 Å². The number of unbranched alkanes of at least 4 members (excludes halogenated alkanes) is 51. The van der Waals surface area contributed by atoms with Crippen LogP contribution in [0.15, 0.2) is 12.2 Å². The summed E-state index contributed by atoms with van der Waals surface area (Å²) in [6.07, 6.45) is 78.2. The van der Waals surface area contributed by atoms with Crippen molar-refractivity contribution in [2.75, 3.05) is 13.2 Å². The Morgan fingerprint density at radius 3 is 0.959 bits per heavy atom. The van der Waals surface area contributed by atoms with Gasteiger partial charge in [0.05, 0.1) is 25.4 Å². The Hall–Kier alpha value is -1.40. The molecular formula is C68H133NO5. The first-order valence-corrected chi connectivity index (χ1v) is 33.9. The van der Waals surface area contributed by atoms with E-state index in [1.165, 1.54) is 315 Å². The number of allylic oxidation sites excluding steroid dienone is 2. The van der Waals surface area contributed by atoms with Crippen molar-refractivity contribution < 1.29 is 24.5 Å². The number of aliphatic hydroxyl groups excluding tert-OH is 2. The lowest BCUT2D eigenvalue weighted by atomic mass is 10.0. The zero-order valence-corrected chi connectivity index (χ0v) is 50.4. The molecule has 2 atom stereocenters. The van der Waals surface area contributed by atoms with Gasteiger partial charge in [0.1, 0.15) is 0 Å². The van der Waals surface area contributed by atoms with Crippen molar-refractivity contribution in [2.24, 2.45) is 0 Å². The molecule has 0 rings (SSSR count). The van der Waals surface area contributed by atoms with Crippen molar-refractivity contribution in [2.45, 2.75) is 398 Å². The van der Waals surface area contributed by atoms with Crippen LogP contribution >= 0.6 is 0 Å². The van der Waals surface area contributed by atoms with E-state index >= 15 is 0 Å². The Kier molecular flexibility index (Phi) is 62.9. The van der Waals surface area contributed by atoms with Gasteiger partial charge >= 0.3 is 5.97 Å². The summed E-state index contributed by atoms with van der Waals surface area (Å²) in [4.78, 5) is 24.6. The van der Waals surface area contributed by atoms with E-state index in [0.717, 1.165) is 38.5 Å². The minimum atomic E-state index is -0.663. The van der Waals surface area contributed by atoms with Crippen LogP contribution in [0.3, 0.4) is 0 Å². The number of carbonyl (C=O) groups is 2. The summed E-state index contributed by atoms with van der Waals surface area (Å²) in [5.41, 5.74) is 0. The van der Waals surface area contributed by atoms with Crippen LogP contribution in [-0.4, -0.2) is 47.4 Å². The average molecular weight is 1040 g/mol. The Balaban J connectivity index is 3.35. The first-order chi connectivity index (χ1) is 36.5. The van der Waals surface area contributed by atoms with E-state index in [9.17, 15) is 19.8 Å². The van der Waals surface area contributed by atoms with Gasteiger partial charge in [-0.3, -0.25) is 9.59 Å². The molecule has 0 saturated heterocycles. The highest BCUT2D eigenvalue weighted by Crippen LogP contribution is 2.19. The second-order valence-corrected chi connectivity index (χ2v) is 23.5. The first-order valence-electron chi connectivity index (χ1n) is 33.9. The maximum atomic E-state index is 12.5. The standard InChI is InChI=1S/C68H133NO5/c1-3-5-7-9-11-13-15-17-19-34-38-42-46-50-54-58-62-68(73)74-63-59-55-51-47-43-39-35-32-30-28-26-24-22-20-21-23-25-27-29-31-33-37-41-45-49-53-57-61-67(72)69-65(64-70)66(71)60-56-52-48-44-40-36-18-16-14-12-10-8-6-4-2/h20-21,65-66,70-71H,3-19,22-64H2,1-2H3,(H,69,72)/b21-20-. The maximum absolute atomic E-state index is 12.5. The molecule has 0 aliphatic heterocycles. The topological polar surface area (TPSA) is 95.9 Å². The summed E-state index contributed by atoms with van der Waals surface area (Å²) in [6, 6.07) is -0.541. The maximum Gasteiger partial charge on any atom is 0.305 e. The van der Waals surface area contributed by atoms with Crippen molar-refractivity contribution in [1.82, 2.24) is 5.32 Å². The van der Waals surface area contributed by atoms with Crippen LogP contribution < -0.4 is 5.32 Å². The molecule has 0 spiro atoms. The zero-order chi connectivity index (χ0) is 53.6. The summed E-state index contributed by atoms with van der Waals surface area (Å²) in [5.74, 6) is -0.0138. The van der Waals surface area contributed by atoms with Crippen LogP contribution in [-0.2, 0) is 14.3 Å². The van der Waals surface area contributed by atoms with Gasteiger partial charge in [0.2, 0.25) is 5.91 Å². The monoisotopic (exact) mass is 1040 g/mol. The van der Waals surface area contributed by atoms with Crippen molar-refractivity contribution in [3.8, 4) is 0 Å². The molecule has 0 aromatic rings. The number of hydrogen-bond donors (Lipinski definition) is 3. The minimum Gasteiger partial charge on any atom is -0.466 e. The lowest BCUT2D eigenvalue weighted by Crippen LogP contribution is -2.45. The average Bonchev–Trinajstić information content (AvgIpc) is 3.40. The third kappa shape index (κ3) is 59.8. The molecule has 0 radical (unpaired) electrons. The number of aliphatic hydroxyl groups is 2. The molecule has 0 bridgehead atoms. The van der Waals surface area contributed by atoms with E-state index in [4.69, 9.17) is 4.74 Å². The van der Waals surface area contributed by atoms with Crippen LogP contribution in [0.5, 0.6) is 0 Å². The summed E-state index contributed by atoms with van der Waals surface area (Å²) >= 11 is 0. The molecule has 6 heteroatoms. The normalized spacial score (nSPS) is 12.5. The van der Waals surface area contributed by atoms with Gasteiger partial charge in [-0.2, -0.15) is 0 Å². The second-order valence-electron chi connectivity index (χ2n) is 23.5. The molecule has 0 aromatic carbocycles. The van der Waals surface area contributed by atoms with E-state index in [1.807, 2.05) is 0 Å². The van der Waals surface area contributed by atoms with E-state index in [-0.39, 0.29) is 18.5 Å². The fourth-order valence-electron chi connectivity index (χ4n) is 10.9. The Bertz CT molecular complexity index is 1110. The molecule has 0 aliphatic carbocycles. The van der Waals surface area contributed by atoms with Crippen LogP contribution in [0.25, 0.3) is 0 Å². The zero-order valence-electron chi connectivity index (χ0n) is 50.4. The van der Waals surface area contributed by atoms with Crippen LogP contribution in [0, 0.1) is 0 Å². The van der Waals surface area contributed by atoms with Crippen molar-refractivity contribution in [3.05, 3.63) is 12.2 Å². The van der Waals surface area contributed by atoms with Gasteiger partial charge in [0.15, 0.2) is 0 Å². The van der Waals surface area contributed by atoms with Gasteiger partial charge in [-0.15, -0.1) is 0 Å². The van der Waals surface area contributed by atoms with Gasteiger partial charge in [-0.1, -0.05) is 334 Å². The molecule has 2 unspecified atom stereocenters. The highest BCUT2D eigenvalue weighted by molar-refractivity contribution is 5.76. The lowest BCUT2D eigenvalue weighted by Gasteiger charge is -2.22. The quantitative estimate of drug-likeness (QED) is 0.0320. The number of carbonyl (C=O) groups excluding carboxylic acids is 2. The van der Waals surface area contributed by atoms with E-state index in [0.29, 0.717) is 25.9 Å². The fraction of sp³-hybridized carbons (Fsp3) is 0.941. The number of amides is 1. The van der Waals surface area contributed by atoms with Crippen LogP contribution in [0.4, 0.5) is 0 Å². The molecule has 0 aromatic heterocycles. The molecule has 3 N–H and O–H groups in total. The number of ether oxygens (including phenoxy) is 1. The van der Waals surface area contributed by atoms with E-state index in [1.54, 1.807) is 0 Å². The number of hydrogen-bond acceptors (Lipinski definition) is 5. The van der Waals surface area contributed by atoms with Crippen LogP contribution in [0.2, 0.25) is 0 Å². The highest BCUT2D eigenvalue weighted by Gasteiger charge is 2.20. The molecular weight excluding hydrogens is 911 g/mol. The molecule has 1 amide bonds. The smallest absolute Gasteiger partial charge is 0.305 e. The molecule has 0 aliphatic rings. The predicted octanol–water partition coefficient (Wildman–Crippen LogP) is 21.6. The van der Waals surface area contributed by atoms with Gasteiger partial charge in [0, 0.05) is 12.8 Å². The molecule has 6 nitrogen and oxygen atoms in total. The van der Waals surface area contributed by atoms with E-state index < -0.39 is 12.1 Å². The van der Waals surface area contributed by atoms with Crippen molar-refractivity contribution >= 4 is 11.9 Å². The summed E-state index contributed by atoms with van der Waals surface area (Å²) in [6.45, 7) is 4.99. The van der Waals surface area contributed by atoms with Gasteiger partial charge in [-0.25, -0.2) is 0 Å². The van der Waals surface area contributed by atoms with Crippen molar-refractivity contribution in [3.63, 3.8) is 0 Å². The molecule has 440 valence electrons. The SMILES string of the molecule is CCCCCCCCCCCCCCCCCCC(=O)OCCCCCCCCCCCCCC/C=C\CCCCCCCCCCCCCC(=O)NC(CO)C(O)CCCCCCCCCCCCCCCC. The largest absolute Gasteiger partial charge is 0.466 e. The fourth-order valence-corrected chi connectivity index (χ4v) is 10.9. The van der Waals surface area contributed by atoms with Gasteiger partial charge in [-0.05, 0) is 51.4 Å². The first kappa shape index (κ1) is 72.6. The third-order valence-electron chi connectivity index (χ3n) is 16.1. The predicted molar refractivity (Wildman–Crippen MR) is 324 cm³/mol. The Morgan fingerprint density at radius 1 is 0.365 bits per heavy atom. The number of rotatable bonds is 64. The number of esters is 1. The lowest BCUT2D eigenvalue weighted by molar-refractivity contribution is -0.143. The van der Waals surface area contributed by atoms with Gasteiger partial charge in [0.25, 0.3) is 0 Å². The second kappa shape index (κ2) is 64.1. The van der Waals surface area contributed by atoms with Gasteiger partial charge < -0.3 is 20.3 Å². The minimum absolute atomic E-state index is 0.0194. The van der Waals surface area contributed by atoms with Crippen molar-refractivity contribution in [1.29, 1.82) is 0 Å². The molecule has 0 saturated carbocycles. The molecule has 0 heterocycles. The molecule has 0 fully saturated rings. The third-order valence-corrected chi connectivity index (χ3v) is 16.1. The Labute approximate surface area is 463 Å². The summed E-state index contributed by atoms with van der Waals surface area (Å²) < 4.78 is 5.50. The highest BCUT2D eigenvalue weighted by atomic mass is 16.5. The Morgan fingerprint density at radius 2 is 0.635 bits per heavy atom. The molecule has 74 heavy (non-hydrogen) atoms.